The number of primary sulfonamides is 1. The lowest BCUT2D eigenvalue weighted by Gasteiger charge is -2.09. The number of aromatic nitrogens is 2. The summed E-state index contributed by atoms with van der Waals surface area (Å²) in [5.41, 5.74) is -0.925. The van der Waals surface area contributed by atoms with E-state index in [-0.39, 0.29) is 11.3 Å². The lowest BCUT2D eigenvalue weighted by molar-refractivity contribution is -0.141. The highest BCUT2D eigenvalue weighted by molar-refractivity contribution is 9.10. The molecular formula is C16H10BrF4N3O2S. The van der Waals surface area contributed by atoms with Crippen molar-refractivity contribution < 1.29 is 26.0 Å². The highest BCUT2D eigenvalue weighted by atomic mass is 79.9. The maximum Gasteiger partial charge on any atom is 0.435 e. The lowest BCUT2D eigenvalue weighted by Crippen LogP contribution is -2.14. The minimum atomic E-state index is -4.71. The summed E-state index contributed by atoms with van der Waals surface area (Å²) in [6, 6.07) is 9.88. The molecule has 27 heavy (non-hydrogen) atoms. The van der Waals surface area contributed by atoms with Gasteiger partial charge >= 0.3 is 6.18 Å². The number of alkyl halides is 3. The molecule has 0 radical (unpaired) electrons. The maximum atomic E-state index is 14.1. The van der Waals surface area contributed by atoms with Crippen molar-refractivity contribution in [2.45, 2.75) is 11.1 Å². The maximum absolute atomic E-state index is 14.1. The van der Waals surface area contributed by atoms with Gasteiger partial charge < -0.3 is 0 Å². The van der Waals surface area contributed by atoms with Crippen LogP contribution in [0.4, 0.5) is 17.6 Å². The Morgan fingerprint density at radius 2 is 1.67 bits per heavy atom. The van der Waals surface area contributed by atoms with Crippen molar-refractivity contribution in [1.82, 2.24) is 9.78 Å². The Morgan fingerprint density at radius 3 is 2.19 bits per heavy atom. The third kappa shape index (κ3) is 4.04. The molecular weight excluding hydrogens is 454 g/mol. The van der Waals surface area contributed by atoms with Gasteiger partial charge in [0.05, 0.1) is 11.4 Å². The number of benzene rings is 2. The fourth-order valence-corrected chi connectivity index (χ4v) is 3.25. The van der Waals surface area contributed by atoms with Crippen molar-refractivity contribution in [2.24, 2.45) is 5.14 Å². The summed E-state index contributed by atoms with van der Waals surface area (Å²) in [5, 5.41) is 8.47. The minimum Gasteiger partial charge on any atom is -0.233 e. The zero-order valence-corrected chi connectivity index (χ0v) is 15.6. The average Bonchev–Trinajstić information content (AvgIpc) is 2.99. The molecule has 0 saturated heterocycles. The normalized spacial score (nSPS) is 12.4. The average molecular weight is 464 g/mol. The van der Waals surface area contributed by atoms with E-state index in [1.54, 1.807) is 12.1 Å². The molecule has 0 aliphatic heterocycles. The Hall–Kier alpha value is -2.24. The first-order valence-corrected chi connectivity index (χ1v) is 9.56. The van der Waals surface area contributed by atoms with E-state index in [1.807, 2.05) is 0 Å². The Kier molecular flexibility index (Phi) is 4.87. The third-order valence-electron chi connectivity index (χ3n) is 3.61. The van der Waals surface area contributed by atoms with Crippen molar-refractivity contribution in [2.75, 3.05) is 0 Å². The Morgan fingerprint density at radius 1 is 1.04 bits per heavy atom. The molecule has 0 aliphatic carbocycles. The van der Waals surface area contributed by atoms with Gasteiger partial charge in [-0.2, -0.15) is 18.3 Å². The summed E-state index contributed by atoms with van der Waals surface area (Å²) in [4.78, 5) is -0.753. The number of halogens is 5. The van der Waals surface area contributed by atoms with Crippen LogP contribution in [0.1, 0.15) is 5.69 Å². The molecule has 1 aromatic heterocycles. The Bertz CT molecular complexity index is 1110. The van der Waals surface area contributed by atoms with Crippen LogP contribution in [0.5, 0.6) is 0 Å². The van der Waals surface area contributed by atoms with Crippen LogP contribution >= 0.6 is 15.9 Å². The largest absolute Gasteiger partial charge is 0.435 e. The van der Waals surface area contributed by atoms with E-state index in [1.165, 1.54) is 12.1 Å². The summed E-state index contributed by atoms with van der Waals surface area (Å²) in [7, 11) is -4.30. The molecule has 0 aliphatic rings. The van der Waals surface area contributed by atoms with Crippen molar-refractivity contribution in [3.63, 3.8) is 0 Å². The van der Waals surface area contributed by atoms with Crippen molar-refractivity contribution in [3.8, 4) is 16.9 Å². The highest BCUT2D eigenvalue weighted by Crippen LogP contribution is 2.34. The van der Waals surface area contributed by atoms with E-state index in [2.05, 4.69) is 21.0 Å². The standard InChI is InChI=1S/C16H10BrF4N3O2S/c17-10-2-4-11(5-3-10)24-13(8-15(23-24)16(19,20)21)9-1-6-14(12(18)7-9)27(22,25)26/h1-8H,(H2,22,25,26). The second kappa shape index (κ2) is 6.73. The number of rotatable bonds is 3. The summed E-state index contributed by atoms with van der Waals surface area (Å²) in [5.74, 6) is -1.17. The Labute approximate surface area is 159 Å². The second-order valence-electron chi connectivity index (χ2n) is 5.49. The number of hydrogen-bond donors (Lipinski definition) is 1. The first kappa shape index (κ1) is 19.5. The molecule has 0 saturated carbocycles. The monoisotopic (exact) mass is 463 g/mol. The summed E-state index contributed by atoms with van der Waals surface area (Å²) >= 11 is 3.23. The van der Waals surface area contributed by atoms with Crippen molar-refractivity contribution in [1.29, 1.82) is 0 Å². The molecule has 2 aromatic carbocycles. The summed E-state index contributed by atoms with van der Waals surface area (Å²) in [6.07, 6.45) is -4.71. The van der Waals surface area contributed by atoms with Crippen LogP contribution in [0, 0.1) is 5.82 Å². The predicted molar refractivity (Wildman–Crippen MR) is 93.0 cm³/mol. The van der Waals surface area contributed by atoms with Gasteiger partial charge in [-0.05, 0) is 42.5 Å². The topological polar surface area (TPSA) is 78.0 Å². The molecule has 0 atom stereocenters. The fraction of sp³-hybridized carbons (Fsp3) is 0.0625. The fourth-order valence-electron chi connectivity index (χ4n) is 2.40. The molecule has 0 fully saturated rings. The van der Waals surface area contributed by atoms with Crippen LogP contribution in [0.3, 0.4) is 0 Å². The molecule has 5 nitrogen and oxygen atoms in total. The molecule has 3 aromatic rings. The first-order valence-electron chi connectivity index (χ1n) is 7.23. The van der Waals surface area contributed by atoms with Crippen LogP contribution in [0.2, 0.25) is 0 Å². The molecule has 0 spiro atoms. The van der Waals surface area contributed by atoms with Gasteiger partial charge in [0.15, 0.2) is 5.69 Å². The number of sulfonamides is 1. The van der Waals surface area contributed by atoms with E-state index < -0.39 is 32.6 Å². The zero-order chi connectivity index (χ0) is 20.0. The number of hydrogen-bond acceptors (Lipinski definition) is 3. The summed E-state index contributed by atoms with van der Waals surface area (Å²) in [6.45, 7) is 0. The van der Waals surface area contributed by atoms with Crippen molar-refractivity contribution in [3.05, 3.63) is 64.5 Å². The van der Waals surface area contributed by atoms with Gasteiger partial charge in [-0.15, -0.1) is 0 Å². The molecule has 0 amide bonds. The van der Waals surface area contributed by atoms with Gasteiger partial charge in [0, 0.05) is 10.0 Å². The van der Waals surface area contributed by atoms with Crippen LogP contribution in [-0.2, 0) is 16.2 Å². The molecule has 142 valence electrons. The molecule has 1 heterocycles. The number of nitrogens with zero attached hydrogens (tertiary/aromatic N) is 2. The minimum absolute atomic E-state index is 0.00539. The van der Waals surface area contributed by atoms with Crippen LogP contribution in [-0.4, -0.2) is 18.2 Å². The van der Waals surface area contributed by atoms with Gasteiger partial charge in [0.2, 0.25) is 10.0 Å². The number of nitrogens with two attached hydrogens (primary N) is 1. The first-order chi connectivity index (χ1) is 12.5. The summed E-state index contributed by atoms with van der Waals surface area (Å²) < 4.78 is 77.9. The van der Waals surface area contributed by atoms with Crippen molar-refractivity contribution >= 4 is 26.0 Å². The lowest BCUT2D eigenvalue weighted by atomic mass is 10.1. The van der Waals surface area contributed by atoms with Gasteiger partial charge in [-0.1, -0.05) is 22.0 Å². The quantitative estimate of drug-likeness (QED) is 0.593. The van der Waals surface area contributed by atoms with E-state index in [0.29, 0.717) is 10.2 Å². The van der Waals surface area contributed by atoms with E-state index in [9.17, 15) is 26.0 Å². The van der Waals surface area contributed by atoms with E-state index in [4.69, 9.17) is 5.14 Å². The van der Waals surface area contributed by atoms with Gasteiger partial charge in [0.25, 0.3) is 0 Å². The predicted octanol–water partition coefficient (Wildman–Crippen LogP) is 4.11. The van der Waals surface area contributed by atoms with E-state index >= 15 is 0 Å². The molecule has 2 N–H and O–H groups in total. The van der Waals surface area contributed by atoms with Crippen LogP contribution < -0.4 is 5.14 Å². The highest BCUT2D eigenvalue weighted by Gasteiger charge is 2.35. The SMILES string of the molecule is NS(=O)(=O)c1ccc(-c2cc(C(F)(F)F)nn2-c2ccc(Br)cc2)cc1F. The third-order valence-corrected chi connectivity index (χ3v) is 5.08. The van der Waals surface area contributed by atoms with Gasteiger partial charge in [0.1, 0.15) is 10.7 Å². The zero-order valence-electron chi connectivity index (χ0n) is 13.2. The van der Waals surface area contributed by atoms with Crippen LogP contribution in [0.15, 0.2) is 57.9 Å². The van der Waals surface area contributed by atoms with E-state index in [0.717, 1.165) is 28.9 Å². The van der Waals surface area contributed by atoms with Gasteiger partial charge in [-0.25, -0.2) is 22.6 Å². The smallest absolute Gasteiger partial charge is 0.233 e. The van der Waals surface area contributed by atoms with Gasteiger partial charge in [-0.3, -0.25) is 0 Å². The Balaban J connectivity index is 2.21. The molecule has 0 bridgehead atoms. The second-order valence-corrected chi connectivity index (χ2v) is 7.94. The molecule has 0 unspecified atom stereocenters. The molecule has 3 rings (SSSR count). The molecule has 11 heteroatoms. The van der Waals surface area contributed by atoms with Crippen LogP contribution in [0.25, 0.3) is 16.9 Å².